The quantitative estimate of drug-likeness (QED) is 0.600. The van der Waals surface area contributed by atoms with Crippen LogP contribution in [0.3, 0.4) is 0 Å². The van der Waals surface area contributed by atoms with Gasteiger partial charge in [-0.15, -0.1) is 0 Å². The lowest BCUT2D eigenvalue weighted by Crippen LogP contribution is -2.33. The molecule has 4 nitrogen and oxygen atoms in total. The highest BCUT2D eigenvalue weighted by Crippen LogP contribution is 2.65. The number of pyridine rings is 1. The van der Waals surface area contributed by atoms with E-state index >= 15 is 0 Å². The van der Waals surface area contributed by atoms with Gasteiger partial charge >= 0.3 is 6.18 Å². The number of alkyl halides is 3. The van der Waals surface area contributed by atoms with Crippen LogP contribution in [0.25, 0.3) is 0 Å². The molecule has 1 unspecified atom stereocenters. The Bertz CT molecular complexity index is 596. The standard InChI is InChI=1S/C11H11BrF3NO3S/c1-20(17,18)19-9(7-2-3-8(12)16-6-7)10(4-5-10)11(13,14)15/h2-3,6,9H,4-5H2,1H3. The van der Waals surface area contributed by atoms with Crippen molar-refractivity contribution < 1.29 is 25.8 Å². The highest BCUT2D eigenvalue weighted by molar-refractivity contribution is 9.10. The van der Waals surface area contributed by atoms with E-state index in [1.165, 1.54) is 18.3 Å². The number of aromatic nitrogens is 1. The summed E-state index contributed by atoms with van der Waals surface area (Å²) in [5.41, 5.74) is -2.06. The molecule has 0 amide bonds. The number of nitrogens with zero attached hydrogens (tertiary/aromatic N) is 1. The molecule has 112 valence electrons. The molecule has 0 aromatic carbocycles. The summed E-state index contributed by atoms with van der Waals surface area (Å²) in [5.74, 6) is 0. The zero-order valence-electron chi connectivity index (χ0n) is 10.3. The molecule has 2 rings (SSSR count). The fourth-order valence-corrected chi connectivity index (χ4v) is 2.89. The molecular weight excluding hydrogens is 363 g/mol. The van der Waals surface area contributed by atoms with Crippen molar-refractivity contribution in [3.8, 4) is 0 Å². The monoisotopic (exact) mass is 373 g/mol. The van der Waals surface area contributed by atoms with Crippen molar-refractivity contribution in [2.24, 2.45) is 5.41 Å². The third-order valence-corrected chi connectivity index (χ3v) is 4.19. The van der Waals surface area contributed by atoms with Crippen LogP contribution in [0, 0.1) is 5.41 Å². The molecule has 1 aliphatic carbocycles. The maximum atomic E-state index is 13.2. The van der Waals surface area contributed by atoms with Gasteiger partial charge in [-0.25, -0.2) is 4.98 Å². The lowest BCUT2D eigenvalue weighted by Gasteiger charge is -2.28. The minimum atomic E-state index is -4.53. The summed E-state index contributed by atoms with van der Waals surface area (Å²) in [5, 5.41) is 0. The van der Waals surface area contributed by atoms with Crippen LogP contribution in [0.5, 0.6) is 0 Å². The van der Waals surface area contributed by atoms with Crippen molar-refractivity contribution >= 4 is 26.0 Å². The molecule has 0 N–H and O–H groups in total. The van der Waals surface area contributed by atoms with E-state index in [1.807, 2.05) is 0 Å². The second-order valence-electron chi connectivity index (χ2n) is 4.75. The molecule has 0 saturated heterocycles. The van der Waals surface area contributed by atoms with E-state index in [9.17, 15) is 21.6 Å². The van der Waals surface area contributed by atoms with Gasteiger partial charge in [0.15, 0.2) is 0 Å². The Labute approximate surface area is 122 Å². The highest BCUT2D eigenvalue weighted by atomic mass is 79.9. The fourth-order valence-electron chi connectivity index (χ4n) is 2.01. The Morgan fingerprint density at radius 1 is 1.40 bits per heavy atom. The van der Waals surface area contributed by atoms with E-state index in [0.717, 1.165) is 6.26 Å². The van der Waals surface area contributed by atoms with Crippen LogP contribution in [0.15, 0.2) is 22.9 Å². The molecule has 0 aliphatic heterocycles. The molecular formula is C11H11BrF3NO3S. The summed E-state index contributed by atoms with van der Waals surface area (Å²) in [7, 11) is -4.02. The molecule has 1 atom stereocenters. The number of rotatable bonds is 4. The maximum absolute atomic E-state index is 13.2. The zero-order valence-corrected chi connectivity index (χ0v) is 12.7. The second kappa shape index (κ2) is 4.96. The summed E-state index contributed by atoms with van der Waals surface area (Å²) in [6.45, 7) is 0. The van der Waals surface area contributed by atoms with Crippen LogP contribution in [0.1, 0.15) is 24.5 Å². The van der Waals surface area contributed by atoms with Gasteiger partial charge in [-0.05, 0) is 34.8 Å². The van der Waals surface area contributed by atoms with Gasteiger partial charge in [0, 0.05) is 11.8 Å². The lowest BCUT2D eigenvalue weighted by atomic mass is 9.93. The van der Waals surface area contributed by atoms with Gasteiger partial charge in [-0.2, -0.15) is 21.6 Å². The summed E-state index contributed by atoms with van der Waals surface area (Å²) in [6.07, 6.45) is -4.53. The fraction of sp³-hybridized carbons (Fsp3) is 0.545. The molecule has 1 aliphatic rings. The Hall–Kier alpha value is -0.670. The molecule has 0 bridgehead atoms. The molecule has 0 spiro atoms. The predicted molar refractivity (Wildman–Crippen MR) is 68.3 cm³/mol. The SMILES string of the molecule is CS(=O)(=O)OC(c1ccc(Br)nc1)C1(C(F)(F)F)CC1. The van der Waals surface area contributed by atoms with E-state index in [4.69, 9.17) is 4.18 Å². The molecule has 20 heavy (non-hydrogen) atoms. The average molecular weight is 374 g/mol. The van der Waals surface area contributed by atoms with Crippen molar-refractivity contribution in [3.63, 3.8) is 0 Å². The third kappa shape index (κ3) is 3.15. The van der Waals surface area contributed by atoms with Crippen LogP contribution < -0.4 is 0 Å². The molecule has 1 aromatic heterocycles. The summed E-state index contributed by atoms with van der Waals surface area (Å²) < 4.78 is 67.2. The van der Waals surface area contributed by atoms with Crippen LogP contribution in [-0.4, -0.2) is 25.8 Å². The first kappa shape index (κ1) is 15.7. The van der Waals surface area contributed by atoms with E-state index in [1.54, 1.807) is 0 Å². The van der Waals surface area contributed by atoms with Gasteiger partial charge in [0.25, 0.3) is 10.1 Å². The Morgan fingerprint density at radius 2 is 2.00 bits per heavy atom. The number of hydrogen-bond acceptors (Lipinski definition) is 4. The molecule has 1 saturated carbocycles. The third-order valence-electron chi connectivity index (χ3n) is 3.18. The zero-order chi connectivity index (χ0) is 15.2. The van der Waals surface area contributed by atoms with Gasteiger partial charge in [-0.1, -0.05) is 6.07 Å². The van der Waals surface area contributed by atoms with Crippen LogP contribution in [0.4, 0.5) is 13.2 Å². The maximum Gasteiger partial charge on any atom is 0.397 e. The Morgan fingerprint density at radius 3 is 2.35 bits per heavy atom. The van der Waals surface area contributed by atoms with Crippen molar-refractivity contribution in [2.75, 3.05) is 6.26 Å². The van der Waals surface area contributed by atoms with Crippen LogP contribution in [0.2, 0.25) is 0 Å². The van der Waals surface area contributed by atoms with Crippen LogP contribution in [-0.2, 0) is 14.3 Å². The second-order valence-corrected chi connectivity index (χ2v) is 7.16. The van der Waals surface area contributed by atoms with Gasteiger partial charge in [-0.3, -0.25) is 4.18 Å². The van der Waals surface area contributed by atoms with Crippen molar-refractivity contribution in [3.05, 3.63) is 28.5 Å². The predicted octanol–water partition coefficient (Wildman–Crippen LogP) is 3.20. The molecule has 1 heterocycles. The average Bonchev–Trinajstić information content (AvgIpc) is 3.06. The van der Waals surface area contributed by atoms with Gasteiger partial charge in [0.05, 0.1) is 11.7 Å². The number of hydrogen-bond donors (Lipinski definition) is 0. The Kier molecular flexibility index (Phi) is 3.89. The minimum Gasteiger partial charge on any atom is -0.261 e. The van der Waals surface area contributed by atoms with E-state index in [2.05, 4.69) is 20.9 Å². The molecule has 9 heteroatoms. The molecule has 1 aromatic rings. The van der Waals surface area contributed by atoms with Crippen molar-refractivity contribution in [1.29, 1.82) is 0 Å². The molecule has 1 fully saturated rings. The van der Waals surface area contributed by atoms with Gasteiger partial charge in [0.1, 0.15) is 10.7 Å². The summed E-state index contributed by atoms with van der Waals surface area (Å²) in [4.78, 5) is 3.83. The van der Waals surface area contributed by atoms with E-state index < -0.39 is 27.8 Å². The van der Waals surface area contributed by atoms with Crippen LogP contribution >= 0.6 is 15.9 Å². The first-order valence-corrected chi connectivity index (χ1v) is 8.22. The topological polar surface area (TPSA) is 56.3 Å². The molecule has 0 radical (unpaired) electrons. The normalized spacial score (nSPS) is 19.6. The minimum absolute atomic E-state index is 0.0912. The van der Waals surface area contributed by atoms with E-state index in [0.29, 0.717) is 4.60 Å². The highest BCUT2D eigenvalue weighted by Gasteiger charge is 2.69. The van der Waals surface area contributed by atoms with Crippen molar-refractivity contribution in [2.45, 2.75) is 25.1 Å². The Balaban J connectivity index is 2.43. The summed E-state index contributed by atoms with van der Waals surface area (Å²) >= 11 is 3.07. The first-order valence-electron chi connectivity index (χ1n) is 5.62. The lowest BCUT2D eigenvalue weighted by molar-refractivity contribution is -0.211. The van der Waals surface area contributed by atoms with Gasteiger partial charge in [0.2, 0.25) is 0 Å². The number of halogens is 4. The largest absolute Gasteiger partial charge is 0.397 e. The van der Waals surface area contributed by atoms with Crippen molar-refractivity contribution in [1.82, 2.24) is 4.98 Å². The smallest absolute Gasteiger partial charge is 0.261 e. The first-order chi connectivity index (χ1) is 9.05. The van der Waals surface area contributed by atoms with E-state index in [-0.39, 0.29) is 18.4 Å². The van der Waals surface area contributed by atoms with Gasteiger partial charge < -0.3 is 0 Å². The summed E-state index contributed by atoms with van der Waals surface area (Å²) in [6, 6.07) is 2.82.